The van der Waals surface area contributed by atoms with E-state index in [0.29, 0.717) is 0 Å². The fourth-order valence-electron chi connectivity index (χ4n) is 1.52. The highest BCUT2D eigenvalue weighted by molar-refractivity contribution is 6.74. The molecule has 1 aromatic carbocycles. The molecule has 0 atom stereocenters. The van der Waals surface area contributed by atoms with Crippen LogP contribution in [-0.2, 0) is 6.61 Å². The molecule has 0 aliphatic rings. The quantitative estimate of drug-likeness (QED) is 0.780. The summed E-state index contributed by atoms with van der Waals surface area (Å²) < 4.78 is 43.5. The Morgan fingerprint density at radius 3 is 2.33 bits per heavy atom. The smallest absolute Gasteiger partial charge is 0.492 e. The van der Waals surface area contributed by atoms with E-state index in [1.807, 2.05) is 0 Å². The molecular formula is C12H10BF3NO-. The highest BCUT2D eigenvalue weighted by Crippen LogP contribution is 2.18. The van der Waals surface area contributed by atoms with E-state index in [9.17, 15) is 12.9 Å². The van der Waals surface area contributed by atoms with E-state index in [-0.39, 0.29) is 12.4 Å². The zero-order valence-electron chi connectivity index (χ0n) is 9.39. The predicted octanol–water partition coefficient (Wildman–Crippen LogP) is 2.72. The van der Waals surface area contributed by atoms with Crippen molar-refractivity contribution < 1.29 is 17.7 Å². The summed E-state index contributed by atoms with van der Waals surface area (Å²) in [5.74, 6) is -0.137. The first-order valence-electron chi connectivity index (χ1n) is 5.38. The van der Waals surface area contributed by atoms with Gasteiger partial charge in [0.15, 0.2) is 0 Å². The Kier molecular flexibility index (Phi) is 3.55. The first-order chi connectivity index (χ1) is 8.57. The highest BCUT2D eigenvalue weighted by atomic mass is 19.4. The molecule has 0 N–H and O–H groups in total. The first kappa shape index (κ1) is 12.5. The van der Waals surface area contributed by atoms with E-state index in [1.54, 1.807) is 24.5 Å². The molecule has 0 aliphatic carbocycles. The van der Waals surface area contributed by atoms with Gasteiger partial charge in [0.05, 0.1) is 5.75 Å². The number of ether oxygens (including phenoxy) is 1. The van der Waals surface area contributed by atoms with Crippen LogP contribution in [0.5, 0.6) is 5.75 Å². The molecule has 0 bridgehead atoms. The highest BCUT2D eigenvalue weighted by Gasteiger charge is 2.28. The van der Waals surface area contributed by atoms with E-state index >= 15 is 0 Å². The Hall–Kier alpha value is -1.98. The van der Waals surface area contributed by atoms with Crippen LogP contribution in [0.15, 0.2) is 48.8 Å². The van der Waals surface area contributed by atoms with Crippen molar-refractivity contribution >= 4 is 12.4 Å². The molecule has 0 aliphatic heterocycles. The lowest BCUT2D eigenvalue weighted by atomic mass is 9.79. The molecule has 1 aromatic heterocycles. The lowest BCUT2D eigenvalue weighted by Crippen LogP contribution is -2.35. The van der Waals surface area contributed by atoms with Crippen molar-refractivity contribution in [2.45, 2.75) is 6.61 Å². The van der Waals surface area contributed by atoms with Crippen LogP contribution < -0.4 is 10.2 Å². The van der Waals surface area contributed by atoms with Crippen LogP contribution in [0, 0.1) is 0 Å². The molecule has 0 radical (unpaired) electrons. The molecular weight excluding hydrogens is 242 g/mol. The standard InChI is InChI=1S/C12H10BF3NO/c14-13(15,16)11-3-1-2-4-12(11)18-9-10-5-7-17-8-6-10/h1-8H,9H2/q-1. The number of hydrogen-bond acceptors (Lipinski definition) is 2. The molecule has 0 unspecified atom stereocenters. The summed E-state index contributed by atoms with van der Waals surface area (Å²) >= 11 is 0. The predicted molar refractivity (Wildman–Crippen MR) is 63.7 cm³/mol. The molecule has 2 rings (SSSR count). The molecule has 0 saturated heterocycles. The maximum atomic E-state index is 12.7. The number of hydrogen-bond donors (Lipinski definition) is 0. The number of para-hydroxylation sites is 1. The molecule has 2 nitrogen and oxygen atoms in total. The van der Waals surface area contributed by atoms with Crippen molar-refractivity contribution in [3.8, 4) is 5.75 Å². The summed E-state index contributed by atoms with van der Waals surface area (Å²) in [7, 11) is 0. The van der Waals surface area contributed by atoms with E-state index in [1.165, 1.54) is 18.2 Å². The van der Waals surface area contributed by atoms with Gasteiger partial charge in [0.1, 0.15) is 6.61 Å². The average molecular weight is 252 g/mol. The Balaban J connectivity index is 2.15. The fraction of sp³-hybridized carbons (Fsp3) is 0.0833. The lowest BCUT2D eigenvalue weighted by molar-refractivity contribution is 0.307. The molecule has 6 heteroatoms. The number of nitrogens with zero attached hydrogens (tertiary/aromatic N) is 1. The van der Waals surface area contributed by atoms with Gasteiger partial charge in [-0.3, -0.25) is 4.98 Å². The van der Waals surface area contributed by atoms with Crippen LogP contribution in [0.1, 0.15) is 5.56 Å². The van der Waals surface area contributed by atoms with Gasteiger partial charge in [-0.2, -0.15) is 0 Å². The maximum absolute atomic E-state index is 12.7. The Morgan fingerprint density at radius 2 is 1.67 bits per heavy atom. The van der Waals surface area contributed by atoms with Gasteiger partial charge >= 0.3 is 6.98 Å². The van der Waals surface area contributed by atoms with Crippen molar-refractivity contribution in [2.24, 2.45) is 0 Å². The van der Waals surface area contributed by atoms with Crippen molar-refractivity contribution in [1.82, 2.24) is 4.98 Å². The van der Waals surface area contributed by atoms with Crippen LogP contribution in [-0.4, -0.2) is 12.0 Å². The molecule has 1 heterocycles. The van der Waals surface area contributed by atoms with Crippen LogP contribution >= 0.6 is 0 Å². The Labute approximate surface area is 102 Å². The summed E-state index contributed by atoms with van der Waals surface area (Å²) in [5, 5.41) is 0. The third-order valence-corrected chi connectivity index (χ3v) is 2.42. The summed E-state index contributed by atoms with van der Waals surface area (Å²) in [6.45, 7) is -4.97. The monoisotopic (exact) mass is 252 g/mol. The lowest BCUT2D eigenvalue weighted by Gasteiger charge is -2.19. The molecule has 0 amide bonds. The zero-order chi connectivity index (χ0) is 13.0. The summed E-state index contributed by atoms with van der Waals surface area (Å²) in [4.78, 5) is 3.82. The number of benzene rings is 1. The van der Waals surface area contributed by atoms with Gasteiger partial charge in [0.25, 0.3) is 0 Å². The topological polar surface area (TPSA) is 22.1 Å². The van der Waals surface area contributed by atoms with E-state index in [0.717, 1.165) is 11.6 Å². The van der Waals surface area contributed by atoms with Gasteiger partial charge in [-0.15, -0.1) is 0 Å². The second-order valence-electron chi connectivity index (χ2n) is 3.76. The average Bonchev–Trinajstić information content (AvgIpc) is 2.37. The Morgan fingerprint density at radius 1 is 1.00 bits per heavy atom. The number of halogens is 3. The number of pyridine rings is 1. The van der Waals surface area contributed by atoms with Crippen LogP contribution in [0.25, 0.3) is 0 Å². The first-order valence-corrected chi connectivity index (χ1v) is 5.38. The summed E-state index contributed by atoms with van der Waals surface area (Å²) in [6.07, 6.45) is 3.14. The van der Waals surface area contributed by atoms with Gasteiger partial charge in [0, 0.05) is 12.4 Å². The maximum Gasteiger partial charge on any atom is 0.513 e. The fourth-order valence-corrected chi connectivity index (χ4v) is 1.52. The third kappa shape index (κ3) is 3.03. The largest absolute Gasteiger partial charge is 0.513 e. The summed E-state index contributed by atoms with van der Waals surface area (Å²) in [6, 6.07) is 8.62. The molecule has 2 aromatic rings. The van der Waals surface area contributed by atoms with E-state index < -0.39 is 12.4 Å². The van der Waals surface area contributed by atoms with Gasteiger partial charge in [-0.25, -0.2) is 0 Å². The van der Waals surface area contributed by atoms with Crippen LogP contribution in [0.2, 0.25) is 0 Å². The molecule has 94 valence electrons. The van der Waals surface area contributed by atoms with Crippen molar-refractivity contribution in [1.29, 1.82) is 0 Å². The van der Waals surface area contributed by atoms with Crippen molar-refractivity contribution in [2.75, 3.05) is 0 Å². The van der Waals surface area contributed by atoms with Crippen LogP contribution in [0.3, 0.4) is 0 Å². The minimum absolute atomic E-state index is 0.0890. The molecule has 0 spiro atoms. The third-order valence-electron chi connectivity index (χ3n) is 2.42. The van der Waals surface area contributed by atoms with Gasteiger partial charge in [0.2, 0.25) is 0 Å². The minimum atomic E-state index is -5.06. The minimum Gasteiger partial charge on any atom is -0.492 e. The zero-order valence-corrected chi connectivity index (χ0v) is 9.39. The Bertz CT molecular complexity index is 516. The van der Waals surface area contributed by atoms with Crippen molar-refractivity contribution in [3.63, 3.8) is 0 Å². The number of rotatable bonds is 4. The molecule has 0 fully saturated rings. The van der Waals surface area contributed by atoms with Gasteiger partial charge < -0.3 is 17.7 Å². The second kappa shape index (κ2) is 5.12. The molecule has 0 saturated carbocycles. The SMILES string of the molecule is F[B-](F)(F)c1ccccc1OCc1ccncc1. The van der Waals surface area contributed by atoms with Gasteiger partial charge in [-0.05, 0) is 23.8 Å². The van der Waals surface area contributed by atoms with Gasteiger partial charge in [-0.1, -0.05) is 23.7 Å². The second-order valence-corrected chi connectivity index (χ2v) is 3.76. The van der Waals surface area contributed by atoms with E-state index in [4.69, 9.17) is 4.74 Å². The normalized spacial score (nSPS) is 11.3. The van der Waals surface area contributed by atoms with Crippen molar-refractivity contribution in [3.05, 3.63) is 54.4 Å². The number of aromatic nitrogens is 1. The summed E-state index contributed by atoms with van der Waals surface area (Å²) in [5.41, 5.74) is 0.0704. The van der Waals surface area contributed by atoms with Crippen LogP contribution in [0.4, 0.5) is 12.9 Å². The van der Waals surface area contributed by atoms with E-state index in [2.05, 4.69) is 4.98 Å². The molecule has 18 heavy (non-hydrogen) atoms.